The standard InChI is InChI=1S/C14H26BrNO/c1-13(17)8-9-16(11-13)12-14(10-15)6-4-2-3-5-7-14/h17H,2-12H2,1H3. The first kappa shape index (κ1) is 13.8. The minimum Gasteiger partial charge on any atom is -0.389 e. The number of likely N-dealkylation sites (tertiary alicyclic amines) is 1. The first-order chi connectivity index (χ1) is 8.05. The Balaban J connectivity index is 1.94. The number of alkyl halides is 1. The monoisotopic (exact) mass is 303 g/mol. The lowest BCUT2D eigenvalue weighted by Gasteiger charge is -2.35. The fourth-order valence-electron chi connectivity index (χ4n) is 3.46. The van der Waals surface area contributed by atoms with Crippen molar-refractivity contribution in [2.45, 2.75) is 57.5 Å². The van der Waals surface area contributed by atoms with Gasteiger partial charge in [-0.2, -0.15) is 0 Å². The maximum Gasteiger partial charge on any atom is 0.0758 e. The molecule has 3 heteroatoms. The highest BCUT2D eigenvalue weighted by Crippen LogP contribution is 2.38. The highest BCUT2D eigenvalue weighted by Gasteiger charge is 2.37. The quantitative estimate of drug-likeness (QED) is 0.639. The Morgan fingerprint density at radius 1 is 1.12 bits per heavy atom. The van der Waals surface area contributed by atoms with Gasteiger partial charge in [-0.15, -0.1) is 0 Å². The summed E-state index contributed by atoms with van der Waals surface area (Å²) in [5.41, 5.74) is 0.0230. The Kier molecular flexibility index (Phi) is 4.54. The van der Waals surface area contributed by atoms with Crippen molar-refractivity contribution in [2.75, 3.05) is 25.0 Å². The van der Waals surface area contributed by atoms with E-state index in [4.69, 9.17) is 0 Å². The van der Waals surface area contributed by atoms with Crippen LogP contribution in [0.1, 0.15) is 51.9 Å². The van der Waals surface area contributed by atoms with Gasteiger partial charge >= 0.3 is 0 Å². The van der Waals surface area contributed by atoms with Crippen LogP contribution in [-0.4, -0.2) is 40.6 Å². The summed E-state index contributed by atoms with van der Waals surface area (Å²) in [4.78, 5) is 2.48. The van der Waals surface area contributed by atoms with Crippen LogP contribution in [0.2, 0.25) is 0 Å². The third-order valence-corrected chi connectivity index (χ3v) is 5.73. The van der Waals surface area contributed by atoms with Crippen molar-refractivity contribution < 1.29 is 5.11 Å². The van der Waals surface area contributed by atoms with Crippen LogP contribution in [-0.2, 0) is 0 Å². The van der Waals surface area contributed by atoms with E-state index in [2.05, 4.69) is 20.8 Å². The van der Waals surface area contributed by atoms with Crippen LogP contribution in [0.25, 0.3) is 0 Å². The van der Waals surface area contributed by atoms with Crippen LogP contribution in [0.4, 0.5) is 0 Å². The SMILES string of the molecule is CC1(O)CCN(CC2(CBr)CCCCCC2)C1. The molecule has 1 unspecified atom stereocenters. The molecule has 1 saturated heterocycles. The molecule has 0 bridgehead atoms. The highest BCUT2D eigenvalue weighted by atomic mass is 79.9. The molecule has 0 spiro atoms. The normalized spacial score (nSPS) is 34.8. The Morgan fingerprint density at radius 2 is 1.76 bits per heavy atom. The van der Waals surface area contributed by atoms with E-state index < -0.39 is 5.60 Å². The number of rotatable bonds is 3. The van der Waals surface area contributed by atoms with E-state index >= 15 is 0 Å². The zero-order valence-corrected chi connectivity index (χ0v) is 12.6. The molecule has 1 atom stereocenters. The van der Waals surface area contributed by atoms with E-state index in [1.165, 1.54) is 45.1 Å². The molecule has 1 N–H and O–H groups in total. The predicted octanol–water partition coefficient (Wildman–Crippen LogP) is 3.18. The van der Waals surface area contributed by atoms with Crippen LogP contribution >= 0.6 is 15.9 Å². The van der Waals surface area contributed by atoms with Crippen molar-refractivity contribution in [2.24, 2.45) is 5.41 Å². The van der Waals surface area contributed by atoms with E-state index in [0.29, 0.717) is 5.41 Å². The molecule has 0 radical (unpaired) electrons. The Labute approximate surface area is 114 Å². The lowest BCUT2D eigenvalue weighted by Crippen LogP contribution is -2.39. The fraction of sp³-hybridized carbons (Fsp3) is 1.00. The number of hydrogen-bond acceptors (Lipinski definition) is 2. The Hall–Kier alpha value is 0.400. The molecule has 2 rings (SSSR count). The minimum atomic E-state index is -0.446. The van der Waals surface area contributed by atoms with Gasteiger partial charge in [0.05, 0.1) is 5.60 Å². The number of nitrogens with zero attached hydrogens (tertiary/aromatic N) is 1. The minimum absolute atomic E-state index is 0.446. The maximum absolute atomic E-state index is 10.1. The summed E-state index contributed by atoms with van der Waals surface area (Å²) in [5, 5.41) is 11.2. The van der Waals surface area contributed by atoms with Crippen molar-refractivity contribution in [1.82, 2.24) is 4.90 Å². The number of hydrogen-bond donors (Lipinski definition) is 1. The predicted molar refractivity (Wildman–Crippen MR) is 75.6 cm³/mol. The second kappa shape index (κ2) is 5.58. The van der Waals surface area contributed by atoms with Crippen LogP contribution in [0.15, 0.2) is 0 Å². The van der Waals surface area contributed by atoms with E-state index in [0.717, 1.165) is 24.8 Å². The van der Waals surface area contributed by atoms with Crippen molar-refractivity contribution in [3.8, 4) is 0 Å². The topological polar surface area (TPSA) is 23.5 Å². The van der Waals surface area contributed by atoms with E-state index in [-0.39, 0.29) is 0 Å². The van der Waals surface area contributed by atoms with E-state index in [1.54, 1.807) is 0 Å². The summed E-state index contributed by atoms with van der Waals surface area (Å²) < 4.78 is 0. The van der Waals surface area contributed by atoms with E-state index in [1.807, 2.05) is 6.92 Å². The van der Waals surface area contributed by atoms with Crippen molar-refractivity contribution >= 4 is 15.9 Å². The molecule has 2 nitrogen and oxygen atoms in total. The summed E-state index contributed by atoms with van der Waals surface area (Å²) in [6.45, 7) is 5.08. The van der Waals surface area contributed by atoms with Gasteiger partial charge in [-0.05, 0) is 31.6 Å². The summed E-state index contributed by atoms with van der Waals surface area (Å²) in [5.74, 6) is 0. The van der Waals surface area contributed by atoms with Crippen LogP contribution in [0.3, 0.4) is 0 Å². The zero-order chi connectivity index (χ0) is 12.4. The van der Waals surface area contributed by atoms with Crippen molar-refractivity contribution in [3.05, 3.63) is 0 Å². The summed E-state index contributed by atoms with van der Waals surface area (Å²) >= 11 is 3.75. The van der Waals surface area contributed by atoms with E-state index in [9.17, 15) is 5.11 Å². The van der Waals surface area contributed by atoms with Crippen molar-refractivity contribution in [3.63, 3.8) is 0 Å². The van der Waals surface area contributed by atoms with Gasteiger partial charge in [-0.3, -0.25) is 4.90 Å². The molecular weight excluding hydrogens is 278 g/mol. The van der Waals surface area contributed by atoms with Crippen LogP contribution < -0.4 is 0 Å². The van der Waals surface area contributed by atoms with Gasteiger partial charge in [0.1, 0.15) is 0 Å². The van der Waals surface area contributed by atoms with Gasteiger partial charge in [0.2, 0.25) is 0 Å². The molecule has 2 aliphatic rings. The summed E-state index contributed by atoms with van der Waals surface area (Å²) in [6.07, 6.45) is 9.24. The molecule has 100 valence electrons. The third-order valence-electron chi connectivity index (χ3n) is 4.54. The second-order valence-corrected chi connectivity index (χ2v) is 7.07. The average molecular weight is 304 g/mol. The highest BCUT2D eigenvalue weighted by molar-refractivity contribution is 9.09. The van der Waals surface area contributed by atoms with Crippen LogP contribution in [0, 0.1) is 5.41 Å². The first-order valence-corrected chi connectivity index (χ1v) is 8.18. The van der Waals surface area contributed by atoms with Gasteiger partial charge in [0.25, 0.3) is 0 Å². The Morgan fingerprint density at radius 3 is 2.24 bits per heavy atom. The molecule has 2 fully saturated rings. The number of aliphatic hydroxyl groups is 1. The molecule has 17 heavy (non-hydrogen) atoms. The largest absolute Gasteiger partial charge is 0.389 e. The van der Waals surface area contributed by atoms with Gasteiger partial charge < -0.3 is 5.11 Å². The first-order valence-electron chi connectivity index (χ1n) is 7.06. The maximum atomic E-state index is 10.1. The smallest absolute Gasteiger partial charge is 0.0758 e. The third kappa shape index (κ3) is 3.68. The molecule has 1 heterocycles. The zero-order valence-electron chi connectivity index (χ0n) is 11.1. The lowest BCUT2D eigenvalue weighted by atomic mass is 9.82. The summed E-state index contributed by atoms with van der Waals surface area (Å²) in [7, 11) is 0. The molecule has 1 saturated carbocycles. The molecule has 0 aromatic rings. The van der Waals surface area contributed by atoms with Crippen LogP contribution in [0.5, 0.6) is 0 Å². The van der Waals surface area contributed by atoms with Gasteiger partial charge in [0.15, 0.2) is 0 Å². The fourth-order valence-corrected chi connectivity index (χ4v) is 4.20. The molecule has 1 aliphatic heterocycles. The van der Waals surface area contributed by atoms with Crippen molar-refractivity contribution in [1.29, 1.82) is 0 Å². The lowest BCUT2D eigenvalue weighted by molar-refractivity contribution is 0.0610. The molecule has 0 amide bonds. The molecule has 1 aliphatic carbocycles. The molecule has 0 aromatic heterocycles. The Bertz CT molecular complexity index is 247. The second-order valence-electron chi connectivity index (χ2n) is 6.51. The van der Waals surface area contributed by atoms with Gasteiger partial charge in [-0.25, -0.2) is 0 Å². The summed E-state index contributed by atoms with van der Waals surface area (Å²) in [6, 6.07) is 0. The van der Waals surface area contributed by atoms with Gasteiger partial charge in [0, 0.05) is 25.0 Å². The number of β-amino-alcohol motifs (C(OH)–C–C–N with tert-alkyl or cyclic N) is 1. The average Bonchev–Trinajstić information content (AvgIpc) is 2.52. The molecule has 0 aromatic carbocycles. The van der Waals surface area contributed by atoms with Gasteiger partial charge in [-0.1, -0.05) is 41.6 Å². The number of halogens is 1. The molecular formula is C14H26BrNO.